The molecule has 0 bridgehead atoms. The molecule has 0 saturated heterocycles. The molecule has 7 heteroatoms. The van der Waals surface area contributed by atoms with Crippen LogP contribution in [-0.4, -0.2) is 37.2 Å². The lowest BCUT2D eigenvalue weighted by Crippen LogP contribution is -2.33. The molecular formula is C14H22N2O3S2. The van der Waals surface area contributed by atoms with Gasteiger partial charge in [0.1, 0.15) is 0 Å². The Kier molecular flexibility index (Phi) is 5.06. The van der Waals surface area contributed by atoms with Gasteiger partial charge in [0.2, 0.25) is 10.0 Å². The van der Waals surface area contributed by atoms with Gasteiger partial charge in [0, 0.05) is 41.1 Å². The lowest BCUT2D eigenvalue weighted by atomic mass is 10.00. The number of hydrogen-bond acceptors (Lipinski definition) is 4. The van der Waals surface area contributed by atoms with Crippen LogP contribution in [0.1, 0.15) is 24.5 Å². The van der Waals surface area contributed by atoms with E-state index in [0.29, 0.717) is 4.90 Å². The minimum absolute atomic E-state index is 0.182. The van der Waals surface area contributed by atoms with Crippen LogP contribution in [-0.2, 0) is 27.2 Å². The van der Waals surface area contributed by atoms with Gasteiger partial charge in [-0.05, 0) is 43.9 Å². The van der Waals surface area contributed by atoms with Crippen LogP contribution in [0.5, 0.6) is 0 Å². The molecule has 1 heterocycles. The molecule has 0 radical (unpaired) electrons. The minimum atomic E-state index is -3.57. The number of hydrogen-bond donors (Lipinski definition) is 2. The molecule has 0 spiro atoms. The molecule has 0 fully saturated rings. The summed E-state index contributed by atoms with van der Waals surface area (Å²) in [5.41, 5.74) is 2.86. The van der Waals surface area contributed by atoms with Crippen molar-refractivity contribution >= 4 is 26.5 Å². The summed E-state index contributed by atoms with van der Waals surface area (Å²) in [6.45, 7) is 4.80. The molecule has 21 heavy (non-hydrogen) atoms. The molecule has 2 N–H and O–H groups in total. The predicted molar refractivity (Wildman–Crippen MR) is 86.7 cm³/mol. The van der Waals surface area contributed by atoms with Gasteiger partial charge in [-0.25, -0.2) is 13.1 Å². The van der Waals surface area contributed by atoms with Crippen LogP contribution in [0.15, 0.2) is 17.0 Å². The fourth-order valence-electron chi connectivity index (χ4n) is 2.39. The van der Waals surface area contributed by atoms with Gasteiger partial charge in [0.05, 0.1) is 4.90 Å². The Bertz CT molecular complexity index is 656. The molecule has 5 nitrogen and oxygen atoms in total. The Balaban J connectivity index is 2.30. The molecule has 2 atom stereocenters. The van der Waals surface area contributed by atoms with Crippen LogP contribution in [0, 0.1) is 6.92 Å². The summed E-state index contributed by atoms with van der Waals surface area (Å²) in [6, 6.07) is 3.49. The Morgan fingerprint density at radius 2 is 2.14 bits per heavy atom. The molecular weight excluding hydrogens is 308 g/mol. The minimum Gasteiger partial charge on any atom is -0.385 e. The normalized spacial score (nSPS) is 17.7. The molecule has 0 amide bonds. The van der Waals surface area contributed by atoms with Crippen LogP contribution in [0.25, 0.3) is 0 Å². The van der Waals surface area contributed by atoms with Crippen LogP contribution in [0.4, 0.5) is 5.69 Å². The average Bonchev–Trinajstić information content (AvgIpc) is 2.45. The number of anilines is 1. The largest absolute Gasteiger partial charge is 0.385 e. The quantitative estimate of drug-likeness (QED) is 0.856. The smallest absolute Gasteiger partial charge is 0.240 e. The summed E-state index contributed by atoms with van der Waals surface area (Å²) >= 11 is 0. The van der Waals surface area contributed by atoms with Crippen molar-refractivity contribution in [1.29, 1.82) is 0 Å². The van der Waals surface area contributed by atoms with E-state index in [4.69, 9.17) is 0 Å². The van der Waals surface area contributed by atoms with Gasteiger partial charge in [-0.3, -0.25) is 4.21 Å². The molecule has 1 aromatic rings. The second-order valence-electron chi connectivity index (χ2n) is 5.43. The maximum atomic E-state index is 12.5. The SMILES string of the molecule is Cc1ccc(S(=O)(=O)NCC(C)S(C)=O)c2c1NCCC2. The van der Waals surface area contributed by atoms with Gasteiger partial charge < -0.3 is 5.32 Å². The summed E-state index contributed by atoms with van der Waals surface area (Å²) in [7, 11) is -4.62. The van der Waals surface area contributed by atoms with Crippen molar-refractivity contribution in [3.63, 3.8) is 0 Å². The average molecular weight is 330 g/mol. The van der Waals surface area contributed by atoms with E-state index in [-0.39, 0.29) is 11.8 Å². The molecule has 1 aromatic carbocycles. The van der Waals surface area contributed by atoms with Crippen molar-refractivity contribution in [2.45, 2.75) is 36.8 Å². The van der Waals surface area contributed by atoms with Gasteiger partial charge in [-0.2, -0.15) is 0 Å². The highest BCUT2D eigenvalue weighted by molar-refractivity contribution is 7.89. The number of nitrogens with one attached hydrogen (secondary N) is 2. The molecule has 2 unspecified atom stereocenters. The Labute approximate surface area is 129 Å². The number of benzene rings is 1. The predicted octanol–water partition coefficient (Wildman–Crippen LogP) is 1.40. The van der Waals surface area contributed by atoms with Crippen molar-refractivity contribution in [2.24, 2.45) is 0 Å². The van der Waals surface area contributed by atoms with Gasteiger partial charge in [0.25, 0.3) is 0 Å². The van der Waals surface area contributed by atoms with Crippen LogP contribution < -0.4 is 10.0 Å². The van der Waals surface area contributed by atoms with E-state index in [0.717, 1.165) is 36.2 Å². The van der Waals surface area contributed by atoms with E-state index in [1.165, 1.54) is 0 Å². The zero-order valence-corrected chi connectivity index (χ0v) is 14.2. The van der Waals surface area contributed by atoms with Crippen LogP contribution in [0.2, 0.25) is 0 Å². The zero-order valence-electron chi connectivity index (χ0n) is 12.6. The highest BCUT2D eigenvalue weighted by atomic mass is 32.2. The topological polar surface area (TPSA) is 75.3 Å². The first-order valence-corrected chi connectivity index (χ1v) is 10.1. The number of fused-ring (bicyclic) bond motifs is 1. The van der Waals surface area contributed by atoms with Crippen molar-refractivity contribution in [3.05, 3.63) is 23.3 Å². The van der Waals surface area contributed by atoms with Gasteiger partial charge >= 0.3 is 0 Å². The molecule has 1 aliphatic heterocycles. The number of rotatable bonds is 5. The standard InChI is InChI=1S/C14H22N2O3S2/c1-10-6-7-13(12-5-4-8-15-14(10)12)21(18,19)16-9-11(2)20(3)17/h6-7,11,15-16H,4-5,8-9H2,1-3H3. The van der Waals surface area contributed by atoms with Crippen molar-refractivity contribution in [1.82, 2.24) is 4.72 Å². The lowest BCUT2D eigenvalue weighted by Gasteiger charge is -2.23. The molecule has 0 aliphatic carbocycles. The van der Waals surface area contributed by atoms with Gasteiger partial charge in [0.15, 0.2) is 0 Å². The Hall–Kier alpha value is -0.920. The summed E-state index contributed by atoms with van der Waals surface area (Å²) in [6.07, 6.45) is 3.26. The zero-order chi connectivity index (χ0) is 15.6. The van der Waals surface area contributed by atoms with Crippen LogP contribution >= 0.6 is 0 Å². The van der Waals surface area contributed by atoms with Crippen LogP contribution in [0.3, 0.4) is 0 Å². The lowest BCUT2D eigenvalue weighted by molar-refractivity contribution is 0.579. The molecule has 1 aliphatic rings. The third kappa shape index (κ3) is 3.64. The molecule has 118 valence electrons. The number of sulfonamides is 1. The molecule has 2 rings (SSSR count). The second kappa shape index (κ2) is 6.46. The summed E-state index contributed by atoms with van der Waals surface area (Å²) in [5, 5.41) is 3.08. The fourth-order valence-corrected chi connectivity index (χ4v) is 4.22. The summed E-state index contributed by atoms with van der Waals surface area (Å²) < 4.78 is 38.9. The van der Waals surface area contributed by atoms with E-state index in [1.54, 1.807) is 19.2 Å². The highest BCUT2D eigenvalue weighted by Gasteiger charge is 2.24. The van der Waals surface area contributed by atoms with E-state index < -0.39 is 20.8 Å². The Morgan fingerprint density at radius 1 is 1.43 bits per heavy atom. The third-order valence-electron chi connectivity index (χ3n) is 3.80. The van der Waals surface area contributed by atoms with E-state index in [1.807, 2.05) is 13.0 Å². The number of aryl methyl sites for hydroxylation is 1. The monoisotopic (exact) mass is 330 g/mol. The highest BCUT2D eigenvalue weighted by Crippen LogP contribution is 2.31. The third-order valence-corrected chi connectivity index (χ3v) is 6.61. The maximum absolute atomic E-state index is 12.5. The van der Waals surface area contributed by atoms with Crippen molar-refractivity contribution in [2.75, 3.05) is 24.7 Å². The van der Waals surface area contributed by atoms with Crippen molar-refractivity contribution < 1.29 is 12.6 Å². The maximum Gasteiger partial charge on any atom is 0.240 e. The van der Waals surface area contributed by atoms with E-state index in [2.05, 4.69) is 10.0 Å². The first kappa shape index (κ1) is 16.5. The molecule has 0 saturated carbocycles. The summed E-state index contributed by atoms with van der Waals surface area (Å²) in [4.78, 5) is 0.337. The van der Waals surface area contributed by atoms with E-state index >= 15 is 0 Å². The van der Waals surface area contributed by atoms with E-state index in [9.17, 15) is 12.6 Å². The first-order valence-electron chi connectivity index (χ1n) is 7.01. The van der Waals surface area contributed by atoms with Gasteiger partial charge in [-0.15, -0.1) is 0 Å². The van der Waals surface area contributed by atoms with Crippen molar-refractivity contribution in [3.8, 4) is 0 Å². The second-order valence-corrected chi connectivity index (χ2v) is 8.96. The Morgan fingerprint density at radius 3 is 2.81 bits per heavy atom. The van der Waals surface area contributed by atoms with Gasteiger partial charge in [-0.1, -0.05) is 6.07 Å². The summed E-state index contributed by atoms with van der Waals surface area (Å²) in [5.74, 6) is 0. The first-order chi connectivity index (χ1) is 9.83. The fraction of sp³-hybridized carbons (Fsp3) is 0.571. The molecule has 0 aromatic heterocycles.